The number of thiazole rings is 1. The fourth-order valence-corrected chi connectivity index (χ4v) is 4.19. The van der Waals surface area contributed by atoms with Gasteiger partial charge in [0.05, 0.1) is 21.3 Å². The molecule has 1 aliphatic carbocycles. The summed E-state index contributed by atoms with van der Waals surface area (Å²) in [6.45, 7) is 0. The summed E-state index contributed by atoms with van der Waals surface area (Å²) in [6.07, 6.45) is 4.27. The third-order valence-electron chi connectivity index (χ3n) is 4.12. The van der Waals surface area contributed by atoms with E-state index in [0.717, 1.165) is 5.56 Å². The van der Waals surface area contributed by atoms with E-state index in [1.54, 1.807) is 21.9 Å². The Morgan fingerprint density at radius 3 is 2.39 bits per heavy atom. The molecule has 9 heteroatoms. The van der Waals surface area contributed by atoms with E-state index < -0.39 is 11.3 Å². The Labute approximate surface area is 171 Å². The lowest BCUT2D eigenvalue weighted by molar-refractivity contribution is -0.111. The number of benzene rings is 1. The Morgan fingerprint density at radius 2 is 1.75 bits per heavy atom. The number of fused-ring (bicyclic) bond motifs is 1. The van der Waals surface area contributed by atoms with Gasteiger partial charge in [-0.15, -0.1) is 11.3 Å². The van der Waals surface area contributed by atoms with Crippen LogP contribution in [0.25, 0.3) is 22.3 Å². The van der Waals surface area contributed by atoms with Gasteiger partial charge in [-0.25, -0.2) is 4.39 Å². The number of nitrogens with two attached hydrogens (primary N) is 1. The van der Waals surface area contributed by atoms with E-state index in [9.17, 15) is 14.0 Å². The number of hydrogen-bond donors (Lipinski definition) is 1. The molecule has 2 heterocycles. The van der Waals surface area contributed by atoms with Gasteiger partial charge in [-0.3, -0.25) is 14.0 Å². The highest BCUT2D eigenvalue weighted by Gasteiger charge is 2.19. The number of aromatic nitrogens is 2. The molecule has 2 N–H and O–H groups in total. The lowest BCUT2D eigenvalue weighted by Gasteiger charge is -2.10. The Hall–Kier alpha value is -2.74. The zero-order valence-corrected chi connectivity index (χ0v) is 16.3. The maximum absolute atomic E-state index is 13.2. The van der Waals surface area contributed by atoms with Crippen LogP contribution < -0.4 is 11.3 Å². The minimum atomic E-state index is -0.525. The highest BCUT2D eigenvalue weighted by Crippen LogP contribution is 2.30. The van der Waals surface area contributed by atoms with Crippen molar-refractivity contribution in [2.24, 2.45) is 0 Å². The van der Waals surface area contributed by atoms with Crippen molar-refractivity contribution in [1.29, 1.82) is 0 Å². The number of halogens is 3. The zero-order valence-electron chi connectivity index (χ0n) is 13.9. The van der Waals surface area contributed by atoms with E-state index in [2.05, 4.69) is 4.98 Å². The number of hydrogen-bond acceptors (Lipinski definition) is 5. The van der Waals surface area contributed by atoms with E-state index >= 15 is 0 Å². The lowest BCUT2D eigenvalue weighted by Crippen LogP contribution is -2.16. The summed E-state index contributed by atoms with van der Waals surface area (Å²) >= 11 is 13.0. The quantitative estimate of drug-likeness (QED) is 0.651. The molecule has 3 aromatic rings. The maximum Gasteiger partial charge on any atom is 0.283 e. The number of allylic oxidation sites excluding steroid dienone is 5. The molecule has 4 rings (SSSR count). The number of carbonyl (C=O) groups is 1. The Morgan fingerprint density at radius 1 is 1.11 bits per heavy atom. The maximum atomic E-state index is 13.2. The van der Waals surface area contributed by atoms with Crippen LogP contribution in [0.5, 0.6) is 0 Å². The average molecular weight is 434 g/mol. The summed E-state index contributed by atoms with van der Waals surface area (Å²) in [4.78, 5) is 28.6. The second-order valence-electron chi connectivity index (χ2n) is 5.92. The topological polar surface area (TPSA) is 77.5 Å². The molecule has 0 unspecified atom stereocenters. The Balaban J connectivity index is 1.92. The van der Waals surface area contributed by atoms with Gasteiger partial charge >= 0.3 is 0 Å². The van der Waals surface area contributed by atoms with Crippen molar-refractivity contribution in [2.75, 3.05) is 5.73 Å². The minimum absolute atomic E-state index is 0.0611. The smallest absolute Gasteiger partial charge is 0.283 e. The fourth-order valence-electron chi connectivity index (χ4n) is 2.79. The molecule has 1 aliphatic rings. The van der Waals surface area contributed by atoms with Crippen molar-refractivity contribution in [3.05, 3.63) is 79.2 Å². The molecule has 28 heavy (non-hydrogen) atoms. The van der Waals surface area contributed by atoms with Crippen molar-refractivity contribution in [2.45, 2.75) is 0 Å². The molecule has 0 aliphatic heterocycles. The van der Waals surface area contributed by atoms with Crippen molar-refractivity contribution >= 4 is 57.2 Å². The summed E-state index contributed by atoms with van der Waals surface area (Å²) in [5, 5.41) is 1.66. The van der Waals surface area contributed by atoms with Crippen LogP contribution in [0.1, 0.15) is 5.56 Å². The highest BCUT2D eigenvalue weighted by atomic mass is 35.5. The molecular formula is C19H10Cl2FN3O2S. The highest BCUT2D eigenvalue weighted by molar-refractivity contribution is 7.15. The van der Waals surface area contributed by atoms with Crippen LogP contribution in [0, 0.1) is 5.82 Å². The van der Waals surface area contributed by atoms with E-state index in [1.807, 2.05) is 0 Å². The first-order valence-corrected chi connectivity index (χ1v) is 9.55. The minimum Gasteiger partial charge on any atom is -0.384 e. The third kappa shape index (κ3) is 3.17. The Kier molecular flexibility index (Phi) is 4.66. The predicted molar refractivity (Wildman–Crippen MR) is 110 cm³/mol. The van der Waals surface area contributed by atoms with Crippen LogP contribution in [-0.4, -0.2) is 15.2 Å². The van der Waals surface area contributed by atoms with Gasteiger partial charge in [0, 0.05) is 5.38 Å². The molecule has 140 valence electrons. The van der Waals surface area contributed by atoms with Gasteiger partial charge in [-0.1, -0.05) is 23.2 Å². The van der Waals surface area contributed by atoms with Gasteiger partial charge in [-0.05, 0) is 53.6 Å². The molecular weight excluding hydrogens is 424 g/mol. The second-order valence-corrected chi connectivity index (χ2v) is 7.57. The number of rotatable bonds is 2. The number of nitrogen functional groups attached to an aromatic ring is 1. The van der Waals surface area contributed by atoms with Crippen LogP contribution in [0.2, 0.25) is 0 Å². The number of anilines is 1. The first kappa shape index (κ1) is 18.6. The van der Waals surface area contributed by atoms with Crippen molar-refractivity contribution in [1.82, 2.24) is 9.38 Å². The van der Waals surface area contributed by atoms with E-state index in [0.29, 0.717) is 16.2 Å². The van der Waals surface area contributed by atoms with E-state index in [4.69, 9.17) is 28.9 Å². The molecule has 5 nitrogen and oxygen atoms in total. The first-order chi connectivity index (χ1) is 13.3. The molecule has 0 amide bonds. The SMILES string of the molecule is Nc1c(C=C2C=C(Cl)C(=O)C(Cl)=C2)c(=O)nc2scc(-c3ccc(F)cc3)n12. The number of ketones is 1. The largest absolute Gasteiger partial charge is 0.384 e. The molecule has 0 radical (unpaired) electrons. The van der Waals surface area contributed by atoms with Crippen LogP contribution in [-0.2, 0) is 4.79 Å². The number of carbonyl (C=O) groups excluding carboxylic acids is 1. The monoisotopic (exact) mass is 433 g/mol. The number of nitrogens with zero attached hydrogens (tertiary/aromatic N) is 2. The van der Waals surface area contributed by atoms with Gasteiger partial charge in [0.15, 0.2) is 4.96 Å². The van der Waals surface area contributed by atoms with Gasteiger partial charge < -0.3 is 5.73 Å². The molecule has 0 saturated heterocycles. The van der Waals surface area contributed by atoms with Crippen molar-refractivity contribution in [3.8, 4) is 11.3 Å². The third-order valence-corrected chi connectivity index (χ3v) is 5.51. The zero-order chi connectivity index (χ0) is 20.0. The summed E-state index contributed by atoms with van der Waals surface area (Å²) in [5.41, 5.74) is 7.72. The predicted octanol–water partition coefficient (Wildman–Crippen LogP) is 4.36. The molecule has 0 bridgehead atoms. The van der Waals surface area contributed by atoms with Gasteiger partial charge in [0.25, 0.3) is 5.56 Å². The van der Waals surface area contributed by atoms with Crippen LogP contribution in [0.15, 0.2) is 62.2 Å². The molecule has 0 atom stereocenters. The van der Waals surface area contributed by atoms with Gasteiger partial charge in [0.1, 0.15) is 11.6 Å². The van der Waals surface area contributed by atoms with E-state index in [1.165, 1.54) is 41.7 Å². The summed E-state index contributed by atoms with van der Waals surface area (Å²) < 4.78 is 14.9. The Bertz CT molecular complexity index is 1260. The van der Waals surface area contributed by atoms with Gasteiger partial charge in [-0.2, -0.15) is 4.98 Å². The second kappa shape index (κ2) is 7.01. The fraction of sp³-hybridized carbons (Fsp3) is 0. The average Bonchev–Trinajstić information content (AvgIpc) is 3.07. The van der Waals surface area contributed by atoms with Crippen LogP contribution in [0.3, 0.4) is 0 Å². The van der Waals surface area contributed by atoms with Gasteiger partial charge in [0.2, 0.25) is 5.78 Å². The lowest BCUT2D eigenvalue weighted by atomic mass is 10.1. The number of Topliss-reactive ketones (excluding diaryl/α,β-unsaturated/α-hetero) is 1. The normalized spacial score (nSPS) is 14.2. The molecule has 0 fully saturated rings. The first-order valence-electron chi connectivity index (χ1n) is 7.91. The van der Waals surface area contributed by atoms with Crippen LogP contribution in [0.4, 0.5) is 10.2 Å². The van der Waals surface area contributed by atoms with Crippen LogP contribution >= 0.6 is 34.5 Å². The molecule has 1 aromatic carbocycles. The van der Waals surface area contributed by atoms with Crippen molar-refractivity contribution in [3.63, 3.8) is 0 Å². The molecule has 0 spiro atoms. The van der Waals surface area contributed by atoms with Crippen molar-refractivity contribution < 1.29 is 9.18 Å². The summed E-state index contributed by atoms with van der Waals surface area (Å²) in [7, 11) is 0. The standard InChI is InChI=1S/C19H10Cl2FN3O2S/c20-13-6-9(7-14(21)16(13)26)5-12-17(23)25-15(8-28-19(25)24-18(12)27)10-1-3-11(22)4-2-10/h1-8H,23H2. The molecule has 0 saturated carbocycles. The summed E-state index contributed by atoms with van der Waals surface area (Å²) in [6, 6.07) is 5.91. The molecule has 2 aromatic heterocycles. The van der Waals surface area contributed by atoms with E-state index in [-0.39, 0.29) is 27.3 Å². The summed E-state index contributed by atoms with van der Waals surface area (Å²) in [5.74, 6) is -0.685.